The van der Waals surface area contributed by atoms with E-state index in [1.165, 1.54) is 12.1 Å². The molecule has 0 radical (unpaired) electrons. The molecule has 42 heavy (non-hydrogen) atoms. The van der Waals surface area contributed by atoms with E-state index in [1.54, 1.807) is 19.2 Å². The molecular formula is C33H36N4O4S. The van der Waals surface area contributed by atoms with Crippen molar-refractivity contribution in [1.29, 1.82) is 0 Å². The van der Waals surface area contributed by atoms with Crippen molar-refractivity contribution in [2.24, 2.45) is 0 Å². The molecule has 1 aliphatic rings. The number of anilines is 3. The average molecular weight is 585 g/mol. The van der Waals surface area contributed by atoms with E-state index in [0.717, 1.165) is 60.9 Å². The molecule has 0 unspecified atom stereocenters. The number of benzene rings is 4. The van der Waals surface area contributed by atoms with Crippen LogP contribution in [0.25, 0.3) is 0 Å². The molecule has 9 heteroatoms. The molecule has 4 aromatic rings. The molecule has 1 amide bonds. The summed E-state index contributed by atoms with van der Waals surface area (Å²) in [6.45, 7) is 8.25. The molecule has 1 heterocycles. The van der Waals surface area contributed by atoms with Crippen LogP contribution in [-0.4, -0.2) is 52.5 Å². The third kappa shape index (κ3) is 6.75. The number of nitrogens with one attached hydrogen (secondary N) is 2. The summed E-state index contributed by atoms with van der Waals surface area (Å²) in [6.07, 6.45) is 0. The number of aryl methyl sites for hydroxylation is 2. The van der Waals surface area contributed by atoms with Crippen molar-refractivity contribution in [2.75, 3.05) is 48.2 Å². The fourth-order valence-corrected chi connectivity index (χ4v) is 6.35. The van der Waals surface area contributed by atoms with Crippen LogP contribution in [0.4, 0.5) is 17.1 Å². The van der Waals surface area contributed by atoms with Gasteiger partial charge in [-0.15, -0.1) is 0 Å². The van der Waals surface area contributed by atoms with Gasteiger partial charge in [0.1, 0.15) is 5.75 Å². The second-order valence-corrected chi connectivity index (χ2v) is 12.2. The standard InChI is InChI=1S/C33H36N4O4S/c1-24-7-6-8-25(2)32(24)35-42(39,40)29-17-15-28(16-18-29)34-33(38)27-13-11-26(12-14-27)23-36-19-21-37(22-20-36)30-9-4-5-10-31(30)41-3/h4-18,35H,19-23H2,1-3H3,(H,34,38). The Morgan fingerprint density at radius 3 is 2.10 bits per heavy atom. The van der Waals surface area contributed by atoms with Gasteiger partial charge in [0, 0.05) is 44.0 Å². The van der Waals surface area contributed by atoms with E-state index in [9.17, 15) is 13.2 Å². The number of ether oxygens (including phenoxy) is 1. The van der Waals surface area contributed by atoms with Crippen LogP contribution >= 0.6 is 0 Å². The fraction of sp³-hybridized carbons (Fsp3) is 0.242. The van der Waals surface area contributed by atoms with Crippen molar-refractivity contribution in [3.8, 4) is 5.75 Å². The number of nitrogens with zero attached hydrogens (tertiary/aromatic N) is 2. The van der Waals surface area contributed by atoms with Crippen LogP contribution < -0.4 is 19.7 Å². The lowest BCUT2D eigenvalue weighted by molar-refractivity contribution is 0.102. The molecule has 1 fully saturated rings. The second-order valence-electron chi connectivity index (χ2n) is 10.5. The van der Waals surface area contributed by atoms with Crippen LogP contribution in [0.2, 0.25) is 0 Å². The number of amides is 1. The normalized spacial score (nSPS) is 13.9. The smallest absolute Gasteiger partial charge is 0.261 e. The molecule has 0 saturated carbocycles. The number of hydrogen-bond donors (Lipinski definition) is 2. The SMILES string of the molecule is COc1ccccc1N1CCN(Cc2ccc(C(=O)Nc3ccc(S(=O)(=O)Nc4c(C)cccc4C)cc3)cc2)CC1. The van der Waals surface area contributed by atoms with Crippen LogP contribution in [0.1, 0.15) is 27.0 Å². The first kappa shape index (κ1) is 29.2. The first-order valence-electron chi connectivity index (χ1n) is 13.9. The Hall–Kier alpha value is -4.34. The van der Waals surface area contributed by atoms with E-state index >= 15 is 0 Å². The minimum absolute atomic E-state index is 0.122. The van der Waals surface area contributed by atoms with E-state index in [-0.39, 0.29) is 10.8 Å². The summed E-state index contributed by atoms with van der Waals surface area (Å²) in [7, 11) is -2.07. The number of para-hydroxylation sites is 3. The maximum Gasteiger partial charge on any atom is 0.261 e. The molecule has 0 atom stereocenters. The van der Waals surface area contributed by atoms with Gasteiger partial charge < -0.3 is 15.0 Å². The van der Waals surface area contributed by atoms with Gasteiger partial charge in [-0.1, -0.05) is 42.5 Å². The number of methoxy groups -OCH3 is 1. The Labute approximate surface area is 248 Å². The number of hydrogen-bond acceptors (Lipinski definition) is 6. The summed E-state index contributed by atoms with van der Waals surface area (Å²) in [4.78, 5) is 17.8. The number of carbonyl (C=O) groups is 1. The summed E-state index contributed by atoms with van der Waals surface area (Å²) < 4.78 is 34.1. The fourth-order valence-electron chi connectivity index (χ4n) is 5.15. The lowest BCUT2D eigenvalue weighted by atomic mass is 10.1. The summed E-state index contributed by atoms with van der Waals surface area (Å²) in [5.41, 5.74) is 5.59. The third-order valence-corrected chi connectivity index (χ3v) is 8.93. The molecule has 2 N–H and O–H groups in total. The van der Waals surface area contributed by atoms with Crippen LogP contribution in [0.15, 0.2) is 95.9 Å². The number of carbonyl (C=O) groups excluding carboxylic acids is 1. The number of rotatable bonds is 9. The van der Waals surface area contributed by atoms with E-state index in [4.69, 9.17) is 4.74 Å². The summed E-state index contributed by atoms with van der Waals surface area (Å²) in [5, 5.41) is 2.86. The van der Waals surface area contributed by atoms with Crippen molar-refractivity contribution in [3.63, 3.8) is 0 Å². The predicted molar refractivity (Wildman–Crippen MR) is 168 cm³/mol. The van der Waals surface area contributed by atoms with E-state index in [2.05, 4.69) is 25.9 Å². The summed E-state index contributed by atoms with van der Waals surface area (Å²) >= 11 is 0. The quantitative estimate of drug-likeness (QED) is 0.263. The summed E-state index contributed by atoms with van der Waals surface area (Å²) in [6, 6.07) is 27.5. The second kappa shape index (κ2) is 12.7. The van der Waals surface area contributed by atoms with Gasteiger partial charge in [-0.2, -0.15) is 0 Å². The highest BCUT2D eigenvalue weighted by Gasteiger charge is 2.20. The minimum atomic E-state index is -3.77. The molecule has 8 nitrogen and oxygen atoms in total. The molecule has 218 valence electrons. The number of piperazine rings is 1. The zero-order valence-corrected chi connectivity index (χ0v) is 24.9. The Morgan fingerprint density at radius 1 is 0.810 bits per heavy atom. The van der Waals surface area contributed by atoms with Gasteiger partial charge in [-0.3, -0.25) is 14.4 Å². The Morgan fingerprint density at radius 2 is 1.45 bits per heavy atom. The Bertz CT molecular complexity index is 1630. The highest BCUT2D eigenvalue weighted by atomic mass is 32.2. The van der Waals surface area contributed by atoms with Gasteiger partial charge in [0.15, 0.2) is 0 Å². The van der Waals surface area contributed by atoms with Crippen LogP contribution in [-0.2, 0) is 16.6 Å². The molecule has 1 saturated heterocycles. The van der Waals surface area contributed by atoms with Gasteiger partial charge in [-0.25, -0.2) is 8.42 Å². The van der Waals surface area contributed by atoms with Crippen molar-refractivity contribution >= 4 is 33.0 Å². The van der Waals surface area contributed by atoms with Crippen molar-refractivity contribution in [1.82, 2.24) is 4.90 Å². The van der Waals surface area contributed by atoms with Crippen LogP contribution in [0, 0.1) is 13.8 Å². The van der Waals surface area contributed by atoms with Crippen molar-refractivity contribution < 1.29 is 17.9 Å². The molecule has 5 rings (SSSR count). The largest absolute Gasteiger partial charge is 0.495 e. The maximum absolute atomic E-state index is 12.9. The van der Waals surface area contributed by atoms with E-state index in [1.807, 2.05) is 74.5 Å². The topological polar surface area (TPSA) is 91.0 Å². The predicted octanol–water partition coefficient (Wildman–Crippen LogP) is 5.69. The van der Waals surface area contributed by atoms with E-state index in [0.29, 0.717) is 16.9 Å². The molecule has 4 aromatic carbocycles. The van der Waals surface area contributed by atoms with Gasteiger partial charge in [0.2, 0.25) is 0 Å². The maximum atomic E-state index is 12.9. The number of sulfonamides is 1. The first-order valence-corrected chi connectivity index (χ1v) is 15.4. The van der Waals surface area contributed by atoms with Crippen LogP contribution in [0.3, 0.4) is 0 Å². The highest BCUT2D eigenvalue weighted by Crippen LogP contribution is 2.29. The highest BCUT2D eigenvalue weighted by molar-refractivity contribution is 7.92. The molecule has 0 spiro atoms. The van der Waals surface area contributed by atoms with Crippen molar-refractivity contribution in [2.45, 2.75) is 25.3 Å². The Balaban J connectivity index is 1.14. The molecule has 0 aliphatic carbocycles. The first-order chi connectivity index (χ1) is 20.2. The van der Waals surface area contributed by atoms with Crippen molar-refractivity contribution in [3.05, 3.63) is 113 Å². The zero-order valence-electron chi connectivity index (χ0n) is 24.1. The van der Waals surface area contributed by atoms with Gasteiger partial charge in [-0.05, 0) is 79.1 Å². The van der Waals surface area contributed by atoms with Crippen LogP contribution in [0.5, 0.6) is 5.75 Å². The summed E-state index contributed by atoms with van der Waals surface area (Å²) in [5.74, 6) is 0.641. The van der Waals surface area contributed by atoms with Gasteiger partial charge >= 0.3 is 0 Å². The lowest BCUT2D eigenvalue weighted by Gasteiger charge is -2.36. The lowest BCUT2D eigenvalue weighted by Crippen LogP contribution is -2.46. The molecule has 0 bridgehead atoms. The molecule has 1 aliphatic heterocycles. The zero-order chi connectivity index (χ0) is 29.7. The third-order valence-electron chi connectivity index (χ3n) is 7.56. The average Bonchev–Trinajstić information content (AvgIpc) is 3.00. The van der Waals surface area contributed by atoms with Gasteiger partial charge in [0.25, 0.3) is 15.9 Å². The minimum Gasteiger partial charge on any atom is -0.495 e. The monoisotopic (exact) mass is 584 g/mol. The molecule has 0 aromatic heterocycles. The van der Waals surface area contributed by atoms with E-state index < -0.39 is 10.0 Å². The van der Waals surface area contributed by atoms with Gasteiger partial charge in [0.05, 0.1) is 23.4 Å². The molecular weight excluding hydrogens is 548 g/mol. The Kier molecular flexibility index (Phi) is 8.80.